The minimum absolute atomic E-state index is 0.447. The fourth-order valence-electron chi connectivity index (χ4n) is 0.855. The van der Waals surface area contributed by atoms with E-state index >= 15 is 0 Å². The molecule has 1 aromatic heterocycles. The van der Waals surface area contributed by atoms with Crippen LogP contribution in [-0.4, -0.2) is 13.1 Å². The van der Waals surface area contributed by atoms with Gasteiger partial charge in [0.05, 0.1) is 7.11 Å². The zero-order chi connectivity index (χ0) is 8.97. The van der Waals surface area contributed by atoms with Gasteiger partial charge in [-0.1, -0.05) is 6.07 Å². The molecule has 4 heteroatoms. The van der Waals surface area contributed by atoms with Gasteiger partial charge in [-0.25, -0.2) is 9.78 Å². The van der Waals surface area contributed by atoms with Gasteiger partial charge in [-0.15, -0.1) is 0 Å². The van der Waals surface area contributed by atoms with Gasteiger partial charge in [0.1, 0.15) is 0 Å². The highest BCUT2D eigenvalue weighted by Gasteiger charge is 2.20. The van der Waals surface area contributed by atoms with E-state index in [-0.39, 0.29) is 0 Å². The fraction of sp³-hybridized carbons (Fsp3) is 0.250. The summed E-state index contributed by atoms with van der Waals surface area (Å²) < 4.78 is 4.48. The van der Waals surface area contributed by atoms with Crippen LogP contribution in [0.25, 0.3) is 0 Å². The number of methoxy groups -OCH3 is 1. The Hall–Kier alpha value is -1.42. The van der Waals surface area contributed by atoms with Crippen molar-refractivity contribution in [3.63, 3.8) is 0 Å². The Kier molecular flexibility index (Phi) is 2.76. The predicted octanol–water partition coefficient (Wildman–Crippen LogP) is -0.327. The Balaban J connectivity index is 2.78. The lowest BCUT2D eigenvalue weighted by Crippen LogP contribution is -2.28. The Morgan fingerprint density at radius 2 is 2.42 bits per heavy atom. The molecule has 0 amide bonds. The van der Waals surface area contributed by atoms with Crippen LogP contribution in [0, 0.1) is 0 Å². The zero-order valence-corrected chi connectivity index (χ0v) is 6.78. The highest BCUT2D eigenvalue weighted by molar-refractivity contribution is 5.76. The van der Waals surface area contributed by atoms with Gasteiger partial charge >= 0.3 is 5.97 Å². The lowest BCUT2D eigenvalue weighted by molar-refractivity contribution is -0.392. The van der Waals surface area contributed by atoms with Gasteiger partial charge in [-0.3, -0.25) is 0 Å². The number of aromatic nitrogens is 1. The maximum atomic E-state index is 10.9. The van der Waals surface area contributed by atoms with Crippen LogP contribution < -0.4 is 10.7 Å². The van der Waals surface area contributed by atoms with E-state index in [2.05, 4.69) is 9.72 Å². The van der Waals surface area contributed by atoms with Gasteiger partial charge in [0, 0.05) is 12.1 Å². The minimum atomic E-state index is -0.726. The first-order valence-electron chi connectivity index (χ1n) is 3.55. The van der Waals surface area contributed by atoms with Crippen LogP contribution in [0.5, 0.6) is 0 Å². The molecule has 0 radical (unpaired) electrons. The van der Waals surface area contributed by atoms with E-state index in [0.717, 1.165) is 0 Å². The molecule has 0 saturated heterocycles. The number of nitrogens with two attached hydrogens (primary N) is 1. The van der Waals surface area contributed by atoms with E-state index < -0.39 is 12.0 Å². The number of esters is 1. The summed E-state index contributed by atoms with van der Waals surface area (Å²) in [5.41, 5.74) is 6.19. The third kappa shape index (κ3) is 1.79. The SMILES string of the molecule is COC(=O)C(N)c1cccc[nH+]1. The zero-order valence-electron chi connectivity index (χ0n) is 6.78. The summed E-state index contributed by atoms with van der Waals surface area (Å²) in [6.07, 6.45) is 1.71. The van der Waals surface area contributed by atoms with Crippen molar-refractivity contribution in [1.29, 1.82) is 0 Å². The number of nitrogens with one attached hydrogen (secondary N) is 1. The lowest BCUT2D eigenvalue weighted by atomic mass is 10.2. The molecule has 0 aliphatic carbocycles. The molecule has 1 rings (SSSR count). The molecule has 0 aliphatic rings. The molecule has 1 atom stereocenters. The molecular formula is C8H11N2O2+. The van der Waals surface area contributed by atoms with Crippen molar-refractivity contribution in [3.8, 4) is 0 Å². The van der Waals surface area contributed by atoms with Crippen molar-refractivity contribution in [2.24, 2.45) is 5.73 Å². The lowest BCUT2D eigenvalue weighted by Gasteiger charge is -2.02. The van der Waals surface area contributed by atoms with Crippen molar-refractivity contribution >= 4 is 5.97 Å². The van der Waals surface area contributed by atoms with E-state index in [1.165, 1.54) is 7.11 Å². The predicted molar refractivity (Wildman–Crippen MR) is 41.9 cm³/mol. The number of H-pyrrole nitrogens is 1. The molecular weight excluding hydrogens is 156 g/mol. The number of aromatic amines is 1. The largest absolute Gasteiger partial charge is 0.467 e. The van der Waals surface area contributed by atoms with Crippen LogP contribution in [0.2, 0.25) is 0 Å². The number of hydrogen-bond acceptors (Lipinski definition) is 3. The smallest absolute Gasteiger partial charge is 0.333 e. The van der Waals surface area contributed by atoms with E-state index in [0.29, 0.717) is 5.69 Å². The minimum Gasteiger partial charge on any atom is -0.467 e. The second-order valence-corrected chi connectivity index (χ2v) is 2.32. The first-order valence-corrected chi connectivity index (χ1v) is 3.55. The molecule has 0 bridgehead atoms. The first-order chi connectivity index (χ1) is 5.75. The van der Waals surface area contributed by atoms with Crippen molar-refractivity contribution in [3.05, 3.63) is 30.1 Å². The van der Waals surface area contributed by atoms with Gasteiger partial charge in [0.15, 0.2) is 12.2 Å². The fourth-order valence-corrected chi connectivity index (χ4v) is 0.855. The van der Waals surface area contributed by atoms with Crippen molar-refractivity contribution in [2.45, 2.75) is 6.04 Å². The van der Waals surface area contributed by atoms with Gasteiger partial charge < -0.3 is 10.5 Å². The van der Waals surface area contributed by atoms with E-state index in [1.54, 1.807) is 18.3 Å². The highest BCUT2D eigenvalue weighted by Crippen LogP contribution is 2.03. The van der Waals surface area contributed by atoms with Crippen LogP contribution in [0.3, 0.4) is 0 Å². The maximum Gasteiger partial charge on any atom is 0.333 e. The quantitative estimate of drug-likeness (QED) is 0.613. The molecule has 0 fully saturated rings. The van der Waals surface area contributed by atoms with Crippen molar-refractivity contribution < 1.29 is 14.5 Å². The third-order valence-corrected chi connectivity index (χ3v) is 1.52. The summed E-state index contributed by atoms with van der Waals surface area (Å²) in [6.45, 7) is 0. The summed E-state index contributed by atoms with van der Waals surface area (Å²) >= 11 is 0. The monoisotopic (exact) mass is 167 g/mol. The number of rotatable bonds is 2. The van der Waals surface area contributed by atoms with Crippen molar-refractivity contribution in [1.82, 2.24) is 0 Å². The van der Waals surface area contributed by atoms with Gasteiger partial charge in [-0.2, -0.15) is 0 Å². The topological polar surface area (TPSA) is 66.5 Å². The number of ether oxygens (including phenoxy) is 1. The summed E-state index contributed by atoms with van der Waals surface area (Å²) in [4.78, 5) is 13.8. The number of carbonyl (C=O) groups excluding carboxylic acids is 1. The molecule has 1 heterocycles. The summed E-state index contributed by atoms with van der Waals surface area (Å²) in [5, 5.41) is 0. The van der Waals surface area contributed by atoms with Crippen LogP contribution in [0.1, 0.15) is 11.7 Å². The standard InChI is InChI=1S/C8H10N2O2/c1-12-8(11)7(9)6-4-2-3-5-10-6/h2-5,7H,9H2,1H3/p+1. The Bertz CT molecular complexity index is 261. The second-order valence-electron chi connectivity index (χ2n) is 2.32. The van der Waals surface area contributed by atoms with Gasteiger partial charge in [0.25, 0.3) is 0 Å². The van der Waals surface area contributed by atoms with E-state index in [9.17, 15) is 4.79 Å². The van der Waals surface area contributed by atoms with Gasteiger partial charge in [0.2, 0.25) is 5.69 Å². The Morgan fingerprint density at radius 1 is 1.67 bits per heavy atom. The van der Waals surface area contributed by atoms with E-state index in [1.807, 2.05) is 6.07 Å². The summed E-state index contributed by atoms with van der Waals surface area (Å²) in [6, 6.07) is 4.63. The molecule has 0 aliphatic heterocycles. The molecule has 12 heavy (non-hydrogen) atoms. The Labute approximate surface area is 70.4 Å². The molecule has 0 saturated carbocycles. The highest BCUT2D eigenvalue weighted by atomic mass is 16.5. The molecule has 1 aromatic rings. The number of hydrogen-bond donors (Lipinski definition) is 1. The van der Waals surface area contributed by atoms with Crippen LogP contribution in [0.4, 0.5) is 0 Å². The van der Waals surface area contributed by atoms with Crippen LogP contribution in [0.15, 0.2) is 24.4 Å². The normalized spacial score (nSPS) is 12.2. The molecule has 0 spiro atoms. The van der Waals surface area contributed by atoms with E-state index in [4.69, 9.17) is 5.73 Å². The van der Waals surface area contributed by atoms with Crippen LogP contribution in [-0.2, 0) is 9.53 Å². The van der Waals surface area contributed by atoms with Crippen molar-refractivity contribution in [2.75, 3.05) is 7.11 Å². The Morgan fingerprint density at radius 3 is 2.92 bits per heavy atom. The molecule has 1 unspecified atom stereocenters. The van der Waals surface area contributed by atoms with Crippen LogP contribution >= 0.6 is 0 Å². The first kappa shape index (κ1) is 8.67. The summed E-state index contributed by atoms with van der Waals surface area (Å²) in [7, 11) is 1.31. The molecule has 64 valence electrons. The second kappa shape index (κ2) is 3.82. The molecule has 0 aromatic carbocycles. The number of pyridine rings is 1. The molecule has 4 nitrogen and oxygen atoms in total. The molecule has 3 N–H and O–H groups in total. The summed E-state index contributed by atoms with van der Waals surface area (Å²) in [5.74, 6) is -0.447. The average Bonchev–Trinajstić information content (AvgIpc) is 2.17. The third-order valence-electron chi connectivity index (χ3n) is 1.52. The maximum absolute atomic E-state index is 10.9. The van der Waals surface area contributed by atoms with Gasteiger partial charge in [-0.05, 0) is 0 Å². The average molecular weight is 167 g/mol. The number of carbonyl (C=O) groups is 1.